The summed E-state index contributed by atoms with van der Waals surface area (Å²) in [6, 6.07) is 7.92. The normalized spacial score (nSPS) is 13.7. The summed E-state index contributed by atoms with van der Waals surface area (Å²) in [4.78, 5) is 11.4. The van der Waals surface area contributed by atoms with Crippen molar-refractivity contribution in [2.45, 2.75) is 32.8 Å². The number of aryl methyl sites for hydroxylation is 3. The van der Waals surface area contributed by atoms with E-state index in [0.717, 1.165) is 41.2 Å². The summed E-state index contributed by atoms with van der Waals surface area (Å²) in [5.74, 6) is 0.828. The predicted molar refractivity (Wildman–Crippen MR) is 80.3 cm³/mol. The van der Waals surface area contributed by atoms with Gasteiger partial charge in [-0.15, -0.1) is 0 Å². The molecule has 2 heterocycles. The smallest absolute Gasteiger partial charge is 0.224 e. The standard InChI is InChI=1S/C16H19N3O2/c1-3-12-8-13(19(2)18-12)10-21-14-6-4-11-5-7-16(20)17-15(11)9-14/h4,6,8-9H,3,5,7,10H2,1-2H3,(H,17,20). The van der Waals surface area contributed by atoms with E-state index in [1.54, 1.807) is 0 Å². The van der Waals surface area contributed by atoms with Crippen molar-refractivity contribution in [2.24, 2.45) is 7.05 Å². The fourth-order valence-corrected chi connectivity index (χ4v) is 2.48. The summed E-state index contributed by atoms with van der Waals surface area (Å²) >= 11 is 0. The lowest BCUT2D eigenvalue weighted by Crippen LogP contribution is -2.18. The molecule has 0 spiro atoms. The molecule has 2 aromatic rings. The lowest BCUT2D eigenvalue weighted by Gasteiger charge is -2.17. The number of benzene rings is 1. The summed E-state index contributed by atoms with van der Waals surface area (Å²) in [6.45, 7) is 2.55. The van der Waals surface area contributed by atoms with Crippen molar-refractivity contribution in [3.8, 4) is 5.75 Å². The Morgan fingerprint density at radius 3 is 2.95 bits per heavy atom. The molecule has 110 valence electrons. The second-order valence-electron chi connectivity index (χ2n) is 5.26. The van der Waals surface area contributed by atoms with E-state index >= 15 is 0 Å². The highest BCUT2D eigenvalue weighted by molar-refractivity contribution is 5.94. The van der Waals surface area contributed by atoms with Crippen molar-refractivity contribution < 1.29 is 9.53 Å². The molecular formula is C16H19N3O2. The third-order valence-corrected chi connectivity index (χ3v) is 3.75. The van der Waals surface area contributed by atoms with Crippen LogP contribution in [0.2, 0.25) is 0 Å². The number of hydrogen-bond acceptors (Lipinski definition) is 3. The van der Waals surface area contributed by atoms with Crippen LogP contribution in [0.4, 0.5) is 5.69 Å². The van der Waals surface area contributed by atoms with Gasteiger partial charge in [0.25, 0.3) is 0 Å². The number of hydrogen-bond donors (Lipinski definition) is 1. The molecule has 0 saturated carbocycles. The molecular weight excluding hydrogens is 266 g/mol. The number of rotatable bonds is 4. The SMILES string of the molecule is CCc1cc(COc2ccc3c(c2)NC(=O)CC3)n(C)n1. The van der Waals surface area contributed by atoms with Gasteiger partial charge in [0.15, 0.2) is 0 Å². The number of nitrogens with one attached hydrogen (secondary N) is 1. The van der Waals surface area contributed by atoms with Crippen molar-refractivity contribution in [1.29, 1.82) is 0 Å². The van der Waals surface area contributed by atoms with E-state index in [9.17, 15) is 4.79 Å². The maximum atomic E-state index is 11.4. The van der Waals surface area contributed by atoms with Crippen LogP contribution in [0.15, 0.2) is 24.3 Å². The van der Waals surface area contributed by atoms with Crippen LogP contribution >= 0.6 is 0 Å². The van der Waals surface area contributed by atoms with Gasteiger partial charge >= 0.3 is 0 Å². The van der Waals surface area contributed by atoms with Crippen LogP contribution in [0.3, 0.4) is 0 Å². The predicted octanol–water partition coefficient (Wildman–Crippen LogP) is 2.45. The Hall–Kier alpha value is -2.30. The molecule has 5 nitrogen and oxygen atoms in total. The minimum Gasteiger partial charge on any atom is -0.487 e. The largest absolute Gasteiger partial charge is 0.487 e. The molecule has 5 heteroatoms. The molecule has 1 aromatic heterocycles. The van der Waals surface area contributed by atoms with Crippen molar-refractivity contribution >= 4 is 11.6 Å². The summed E-state index contributed by atoms with van der Waals surface area (Å²) in [5, 5.41) is 7.29. The van der Waals surface area contributed by atoms with Gasteiger partial charge in [-0.2, -0.15) is 5.10 Å². The van der Waals surface area contributed by atoms with E-state index in [4.69, 9.17) is 4.74 Å². The molecule has 1 aromatic carbocycles. The Morgan fingerprint density at radius 2 is 2.19 bits per heavy atom. The number of anilines is 1. The van der Waals surface area contributed by atoms with Crippen LogP contribution in [0.25, 0.3) is 0 Å². The monoisotopic (exact) mass is 285 g/mol. The fraction of sp³-hybridized carbons (Fsp3) is 0.375. The molecule has 1 amide bonds. The molecule has 0 radical (unpaired) electrons. The third kappa shape index (κ3) is 2.91. The van der Waals surface area contributed by atoms with E-state index in [-0.39, 0.29) is 5.91 Å². The van der Waals surface area contributed by atoms with E-state index in [0.29, 0.717) is 13.0 Å². The van der Waals surface area contributed by atoms with E-state index in [1.807, 2.05) is 29.9 Å². The van der Waals surface area contributed by atoms with Gasteiger partial charge in [0.05, 0.1) is 11.4 Å². The quantitative estimate of drug-likeness (QED) is 0.938. The topological polar surface area (TPSA) is 56.1 Å². The highest BCUT2D eigenvalue weighted by Crippen LogP contribution is 2.27. The van der Waals surface area contributed by atoms with Crippen LogP contribution in [0, 0.1) is 0 Å². The third-order valence-electron chi connectivity index (χ3n) is 3.75. The van der Waals surface area contributed by atoms with Crippen LogP contribution < -0.4 is 10.1 Å². The molecule has 3 rings (SSSR count). The van der Waals surface area contributed by atoms with Crippen LogP contribution in [0.5, 0.6) is 5.75 Å². The molecule has 0 saturated heterocycles. The first-order chi connectivity index (χ1) is 10.2. The van der Waals surface area contributed by atoms with Crippen molar-refractivity contribution in [3.05, 3.63) is 41.2 Å². The zero-order valence-corrected chi connectivity index (χ0v) is 12.3. The highest BCUT2D eigenvalue weighted by Gasteiger charge is 2.15. The second-order valence-corrected chi connectivity index (χ2v) is 5.26. The summed E-state index contributed by atoms with van der Waals surface area (Å²) < 4.78 is 7.67. The number of carbonyl (C=O) groups excluding carboxylic acids is 1. The molecule has 0 fully saturated rings. The van der Waals surface area contributed by atoms with Crippen molar-refractivity contribution in [1.82, 2.24) is 9.78 Å². The van der Waals surface area contributed by atoms with Gasteiger partial charge in [-0.05, 0) is 30.5 Å². The first-order valence-electron chi connectivity index (χ1n) is 7.23. The average Bonchev–Trinajstić information content (AvgIpc) is 2.85. The lowest BCUT2D eigenvalue weighted by atomic mass is 10.0. The molecule has 21 heavy (non-hydrogen) atoms. The zero-order valence-electron chi connectivity index (χ0n) is 12.3. The zero-order chi connectivity index (χ0) is 14.8. The summed E-state index contributed by atoms with van der Waals surface area (Å²) in [5.41, 5.74) is 4.13. The van der Waals surface area contributed by atoms with Crippen LogP contribution in [-0.2, 0) is 31.3 Å². The number of nitrogens with zero attached hydrogens (tertiary/aromatic N) is 2. The molecule has 1 aliphatic rings. The van der Waals surface area contributed by atoms with E-state index in [2.05, 4.69) is 23.4 Å². The molecule has 0 aliphatic carbocycles. The Morgan fingerprint density at radius 1 is 1.33 bits per heavy atom. The minimum atomic E-state index is 0.0684. The fourth-order valence-electron chi connectivity index (χ4n) is 2.48. The van der Waals surface area contributed by atoms with Gasteiger partial charge < -0.3 is 10.1 Å². The number of ether oxygens (including phenoxy) is 1. The van der Waals surface area contributed by atoms with Crippen molar-refractivity contribution in [2.75, 3.05) is 5.32 Å². The first kappa shape index (κ1) is 13.7. The van der Waals surface area contributed by atoms with Gasteiger partial charge in [0.1, 0.15) is 12.4 Å². The number of aromatic nitrogens is 2. The van der Waals surface area contributed by atoms with E-state index < -0.39 is 0 Å². The maximum absolute atomic E-state index is 11.4. The van der Waals surface area contributed by atoms with Crippen molar-refractivity contribution in [3.63, 3.8) is 0 Å². The van der Waals surface area contributed by atoms with Crippen LogP contribution in [-0.4, -0.2) is 15.7 Å². The van der Waals surface area contributed by atoms with Gasteiger partial charge in [-0.3, -0.25) is 9.48 Å². The number of fused-ring (bicyclic) bond motifs is 1. The van der Waals surface area contributed by atoms with E-state index in [1.165, 1.54) is 0 Å². The number of carbonyl (C=O) groups is 1. The minimum absolute atomic E-state index is 0.0684. The molecule has 0 unspecified atom stereocenters. The average molecular weight is 285 g/mol. The molecule has 0 atom stereocenters. The van der Waals surface area contributed by atoms with Gasteiger partial charge in [0.2, 0.25) is 5.91 Å². The Bertz CT molecular complexity index is 676. The highest BCUT2D eigenvalue weighted by atomic mass is 16.5. The maximum Gasteiger partial charge on any atom is 0.224 e. The van der Waals surface area contributed by atoms with Gasteiger partial charge in [-0.1, -0.05) is 13.0 Å². The summed E-state index contributed by atoms with van der Waals surface area (Å²) in [6.07, 6.45) is 2.27. The second kappa shape index (κ2) is 5.60. The Kier molecular flexibility index (Phi) is 3.64. The van der Waals surface area contributed by atoms with Gasteiger partial charge in [0, 0.05) is 25.2 Å². The first-order valence-corrected chi connectivity index (χ1v) is 7.23. The van der Waals surface area contributed by atoms with Gasteiger partial charge in [-0.25, -0.2) is 0 Å². The Balaban J connectivity index is 1.72. The lowest BCUT2D eigenvalue weighted by molar-refractivity contribution is -0.116. The number of amides is 1. The van der Waals surface area contributed by atoms with Crippen LogP contribution in [0.1, 0.15) is 30.3 Å². The Labute approximate surface area is 123 Å². The molecule has 0 bridgehead atoms. The summed E-state index contributed by atoms with van der Waals surface area (Å²) in [7, 11) is 1.92. The molecule has 1 aliphatic heterocycles. The molecule has 1 N–H and O–H groups in total.